The predicted octanol–water partition coefficient (Wildman–Crippen LogP) is 1.86. The van der Waals surface area contributed by atoms with Crippen molar-refractivity contribution in [2.75, 3.05) is 26.3 Å². The number of nitrogens with zero attached hydrogens (tertiary/aromatic N) is 1. The lowest BCUT2D eigenvalue weighted by Crippen LogP contribution is -2.63. The molecule has 1 saturated heterocycles. The third-order valence-corrected chi connectivity index (χ3v) is 4.67. The second-order valence-corrected chi connectivity index (χ2v) is 6.22. The standard InChI is InChI=1S/C14H28N2O/c1-11(2)16(8-13-4-5-13)14(10-15)6-7-17-9-12(14)3/h11-13H,4-10,15H2,1-3H3. The maximum Gasteiger partial charge on any atom is 0.0509 e. The van der Waals surface area contributed by atoms with Crippen molar-refractivity contribution in [2.24, 2.45) is 17.6 Å². The Balaban J connectivity index is 2.15. The van der Waals surface area contributed by atoms with Crippen molar-refractivity contribution in [3.63, 3.8) is 0 Å². The lowest BCUT2D eigenvalue weighted by molar-refractivity contribution is -0.0793. The zero-order valence-electron chi connectivity index (χ0n) is 11.6. The van der Waals surface area contributed by atoms with Gasteiger partial charge in [-0.25, -0.2) is 0 Å². The summed E-state index contributed by atoms with van der Waals surface area (Å²) in [5.74, 6) is 1.47. The van der Waals surface area contributed by atoms with Gasteiger partial charge in [-0.2, -0.15) is 0 Å². The van der Waals surface area contributed by atoms with Gasteiger partial charge in [0, 0.05) is 31.3 Å². The first-order valence-electron chi connectivity index (χ1n) is 7.14. The van der Waals surface area contributed by atoms with E-state index in [-0.39, 0.29) is 5.54 Å². The third kappa shape index (κ3) is 2.67. The Morgan fingerprint density at radius 3 is 2.59 bits per heavy atom. The fourth-order valence-corrected chi connectivity index (χ4v) is 3.24. The molecule has 3 nitrogen and oxygen atoms in total. The summed E-state index contributed by atoms with van der Waals surface area (Å²) in [4.78, 5) is 2.68. The highest BCUT2D eigenvalue weighted by atomic mass is 16.5. The minimum atomic E-state index is 0.176. The molecule has 1 aliphatic carbocycles. The number of rotatable bonds is 5. The van der Waals surface area contributed by atoms with E-state index in [9.17, 15) is 0 Å². The Bertz CT molecular complexity index is 253. The van der Waals surface area contributed by atoms with Gasteiger partial charge < -0.3 is 10.5 Å². The molecule has 3 heteroatoms. The van der Waals surface area contributed by atoms with Crippen LogP contribution in [0.25, 0.3) is 0 Å². The molecule has 0 radical (unpaired) electrons. The van der Waals surface area contributed by atoms with E-state index in [0.717, 1.165) is 32.1 Å². The average molecular weight is 240 g/mol. The van der Waals surface area contributed by atoms with Crippen LogP contribution >= 0.6 is 0 Å². The molecule has 0 aromatic rings. The van der Waals surface area contributed by atoms with E-state index in [1.807, 2.05) is 0 Å². The van der Waals surface area contributed by atoms with Crippen LogP contribution in [0, 0.1) is 11.8 Å². The minimum absolute atomic E-state index is 0.176. The van der Waals surface area contributed by atoms with E-state index >= 15 is 0 Å². The zero-order valence-corrected chi connectivity index (χ0v) is 11.6. The summed E-state index contributed by atoms with van der Waals surface area (Å²) in [7, 11) is 0. The molecule has 100 valence electrons. The molecular formula is C14H28N2O. The largest absolute Gasteiger partial charge is 0.381 e. The monoisotopic (exact) mass is 240 g/mol. The van der Waals surface area contributed by atoms with Gasteiger partial charge in [-0.15, -0.1) is 0 Å². The van der Waals surface area contributed by atoms with Crippen LogP contribution in [0.2, 0.25) is 0 Å². The number of nitrogens with two attached hydrogens (primary N) is 1. The van der Waals surface area contributed by atoms with Gasteiger partial charge in [0.25, 0.3) is 0 Å². The molecule has 0 aromatic heterocycles. The van der Waals surface area contributed by atoms with E-state index in [0.29, 0.717) is 12.0 Å². The van der Waals surface area contributed by atoms with Crippen LogP contribution in [0.5, 0.6) is 0 Å². The van der Waals surface area contributed by atoms with E-state index in [1.54, 1.807) is 0 Å². The molecule has 0 amide bonds. The maximum absolute atomic E-state index is 6.17. The molecule has 2 atom stereocenters. The van der Waals surface area contributed by atoms with Crippen molar-refractivity contribution >= 4 is 0 Å². The van der Waals surface area contributed by atoms with Gasteiger partial charge in [0.05, 0.1) is 6.61 Å². The summed E-state index contributed by atoms with van der Waals surface area (Å²) in [6, 6.07) is 0.583. The minimum Gasteiger partial charge on any atom is -0.381 e. The second-order valence-electron chi connectivity index (χ2n) is 6.22. The molecule has 0 spiro atoms. The number of hydrogen-bond acceptors (Lipinski definition) is 3. The molecule has 2 unspecified atom stereocenters. The van der Waals surface area contributed by atoms with Crippen molar-refractivity contribution in [2.45, 2.75) is 51.6 Å². The Hall–Kier alpha value is -0.120. The summed E-state index contributed by atoms with van der Waals surface area (Å²) in [5, 5.41) is 0. The molecule has 0 aromatic carbocycles. The van der Waals surface area contributed by atoms with Gasteiger partial charge in [-0.1, -0.05) is 6.92 Å². The fraction of sp³-hybridized carbons (Fsp3) is 1.00. The highest BCUT2D eigenvalue weighted by Gasteiger charge is 2.45. The average Bonchev–Trinajstić information content (AvgIpc) is 3.11. The van der Waals surface area contributed by atoms with Crippen LogP contribution < -0.4 is 5.73 Å². The highest BCUT2D eigenvalue weighted by Crippen LogP contribution is 2.38. The van der Waals surface area contributed by atoms with Crippen molar-refractivity contribution in [3.8, 4) is 0 Å². The lowest BCUT2D eigenvalue weighted by atomic mass is 9.78. The van der Waals surface area contributed by atoms with Gasteiger partial charge >= 0.3 is 0 Å². The first-order chi connectivity index (χ1) is 8.10. The van der Waals surface area contributed by atoms with Gasteiger partial charge in [0.1, 0.15) is 0 Å². The van der Waals surface area contributed by atoms with Crippen LogP contribution in [0.15, 0.2) is 0 Å². The maximum atomic E-state index is 6.17. The molecule has 2 aliphatic rings. The molecule has 2 rings (SSSR count). The molecule has 2 fully saturated rings. The Morgan fingerprint density at radius 1 is 1.41 bits per heavy atom. The van der Waals surface area contributed by atoms with E-state index in [1.165, 1.54) is 19.4 Å². The van der Waals surface area contributed by atoms with Crippen molar-refractivity contribution in [1.82, 2.24) is 4.90 Å². The Kier molecular flexibility index (Phi) is 4.11. The number of ether oxygens (including phenoxy) is 1. The van der Waals surface area contributed by atoms with Crippen molar-refractivity contribution in [1.29, 1.82) is 0 Å². The summed E-state index contributed by atoms with van der Waals surface area (Å²) < 4.78 is 5.61. The second kappa shape index (κ2) is 5.25. The molecule has 1 aliphatic heterocycles. The fourth-order valence-electron chi connectivity index (χ4n) is 3.24. The summed E-state index contributed by atoms with van der Waals surface area (Å²) in [5.41, 5.74) is 6.34. The molecule has 0 bridgehead atoms. The van der Waals surface area contributed by atoms with Crippen LogP contribution in [0.4, 0.5) is 0 Å². The van der Waals surface area contributed by atoms with Crippen molar-refractivity contribution < 1.29 is 4.74 Å². The molecule has 1 saturated carbocycles. The van der Waals surface area contributed by atoms with Crippen LogP contribution in [0.3, 0.4) is 0 Å². The van der Waals surface area contributed by atoms with Gasteiger partial charge in [0.2, 0.25) is 0 Å². The van der Waals surface area contributed by atoms with Gasteiger partial charge in [0.15, 0.2) is 0 Å². The van der Waals surface area contributed by atoms with Crippen molar-refractivity contribution in [3.05, 3.63) is 0 Å². The predicted molar refractivity (Wildman–Crippen MR) is 71.0 cm³/mol. The van der Waals surface area contributed by atoms with Gasteiger partial charge in [-0.3, -0.25) is 4.90 Å². The molecule has 1 heterocycles. The summed E-state index contributed by atoms with van der Waals surface area (Å²) >= 11 is 0. The molecule has 17 heavy (non-hydrogen) atoms. The smallest absolute Gasteiger partial charge is 0.0509 e. The van der Waals surface area contributed by atoms with Crippen LogP contribution in [0.1, 0.15) is 40.0 Å². The molecular weight excluding hydrogens is 212 g/mol. The van der Waals surface area contributed by atoms with E-state index in [2.05, 4.69) is 25.7 Å². The number of hydrogen-bond donors (Lipinski definition) is 1. The quantitative estimate of drug-likeness (QED) is 0.797. The highest BCUT2D eigenvalue weighted by molar-refractivity contribution is 5.00. The Labute approximate surface area is 106 Å². The van der Waals surface area contributed by atoms with Gasteiger partial charge in [-0.05, 0) is 44.9 Å². The van der Waals surface area contributed by atoms with E-state index < -0.39 is 0 Å². The topological polar surface area (TPSA) is 38.5 Å². The first-order valence-corrected chi connectivity index (χ1v) is 7.14. The lowest BCUT2D eigenvalue weighted by Gasteiger charge is -2.52. The summed E-state index contributed by atoms with van der Waals surface area (Å²) in [6.07, 6.45) is 3.92. The first kappa shape index (κ1) is 13.3. The SMILES string of the molecule is CC(C)N(CC1CC1)C1(CN)CCOCC1C. The van der Waals surface area contributed by atoms with E-state index in [4.69, 9.17) is 10.5 Å². The summed E-state index contributed by atoms with van der Waals surface area (Å²) in [6.45, 7) is 10.7. The van der Waals surface area contributed by atoms with Crippen LogP contribution in [-0.4, -0.2) is 42.8 Å². The molecule has 2 N–H and O–H groups in total. The zero-order chi connectivity index (χ0) is 12.5. The normalized spacial score (nSPS) is 34.6. The van der Waals surface area contributed by atoms with Crippen LogP contribution in [-0.2, 0) is 4.74 Å². The Morgan fingerprint density at radius 2 is 2.12 bits per heavy atom. The third-order valence-electron chi connectivity index (χ3n) is 4.67.